The lowest BCUT2D eigenvalue weighted by atomic mass is 9.92. The lowest BCUT2D eigenvalue weighted by Gasteiger charge is -2.13. The molecular weight excluding hydrogens is 314 g/mol. The molecular formula is C21H23NO3. The lowest BCUT2D eigenvalue weighted by molar-refractivity contribution is -0.136. The van der Waals surface area contributed by atoms with Crippen molar-refractivity contribution < 1.29 is 27.0 Å². The van der Waals surface area contributed by atoms with Gasteiger partial charge in [-0.25, -0.2) is 0 Å². The summed E-state index contributed by atoms with van der Waals surface area (Å²) >= 11 is 0. The van der Waals surface area contributed by atoms with Crippen molar-refractivity contribution in [2.24, 2.45) is 0 Å². The molecule has 0 saturated carbocycles. The Balaban J connectivity index is 2.49. The largest absolute Gasteiger partial charge is 0.488 e. The van der Waals surface area contributed by atoms with E-state index in [4.69, 9.17) is 17.1 Å². The molecule has 25 heavy (non-hydrogen) atoms. The number of ether oxygens (including phenoxy) is 1. The van der Waals surface area contributed by atoms with E-state index < -0.39 is 54.2 Å². The summed E-state index contributed by atoms with van der Waals surface area (Å²) in [5, 5.41) is 9.41. The van der Waals surface area contributed by atoms with E-state index in [1.54, 1.807) is 6.08 Å². The van der Waals surface area contributed by atoms with E-state index in [-0.39, 0.29) is 40.7 Å². The highest BCUT2D eigenvalue weighted by atomic mass is 16.5. The van der Waals surface area contributed by atoms with E-state index in [0.717, 1.165) is 0 Å². The fraction of sp³-hybridized carbons (Fsp3) is 0.286. The van der Waals surface area contributed by atoms with Crippen molar-refractivity contribution in [3.05, 3.63) is 70.6 Å². The Hall–Kier alpha value is -2.59. The Labute approximate surface area is 161 Å². The van der Waals surface area contributed by atoms with Gasteiger partial charge in [0.1, 0.15) is 12.4 Å². The van der Waals surface area contributed by atoms with Crippen LogP contribution >= 0.6 is 0 Å². The van der Waals surface area contributed by atoms with Gasteiger partial charge in [-0.3, -0.25) is 4.79 Å². The predicted molar refractivity (Wildman–Crippen MR) is 98.8 cm³/mol. The third kappa shape index (κ3) is 4.09. The maximum atomic E-state index is 11.6. The first-order valence-corrected chi connectivity index (χ1v) is 7.68. The normalized spacial score (nSPS) is 20.3. The van der Waals surface area contributed by atoms with Crippen LogP contribution in [0.1, 0.15) is 41.0 Å². The highest BCUT2D eigenvalue weighted by molar-refractivity contribution is 5.85. The summed E-state index contributed by atoms with van der Waals surface area (Å²) in [6.07, 6.45) is -1.19. The van der Waals surface area contributed by atoms with Crippen molar-refractivity contribution in [3.8, 4) is 5.75 Å². The molecule has 0 aliphatic carbocycles. The highest BCUT2D eigenvalue weighted by Crippen LogP contribution is 2.37. The Morgan fingerprint density at radius 3 is 2.88 bits per heavy atom. The zero-order valence-electron chi connectivity index (χ0n) is 22.9. The first-order chi connectivity index (χ1) is 15.7. The monoisotopic (exact) mass is 346 g/mol. The number of rotatable bonds is 5. The van der Waals surface area contributed by atoms with Crippen LogP contribution in [0, 0.1) is 0 Å². The second kappa shape index (κ2) is 7.53. The Kier molecular flexibility index (Phi) is 2.77. The fourth-order valence-electron chi connectivity index (χ4n) is 2.48. The van der Waals surface area contributed by atoms with Crippen LogP contribution in [0.3, 0.4) is 0 Å². The molecule has 0 spiro atoms. The summed E-state index contributed by atoms with van der Waals surface area (Å²) in [5.74, 6) is -2.20. The lowest BCUT2D eigenvalue weighted by Crippen LogP contribution is -2.12. The summed E-state index contributed by atoms with van der Waals surface area (Å²) in [6, 6.07) is -3.87. The van der Waals surface area contributed by atoms with E-state index >= 15 is 0 Å². The Morgan fingerprint density at radius 2 is 2.12 bits per heavy atom. The van der Waals surface area contributed by atoms with Crippen molar-refractivity contribution in [1.29, 1.82) is 0 Å². The maximum Gasteiger partial charge on any atom is 0.307 e. The number of hydrogen-bond donors (Lipinski definition) is 1. The van der Waals surface area contributed by atoms with Crippen molar-refractivity contribution in [3.63, 3.8) is 0 Å². The van der Waals surface area contributed by atoms with Crippen molar-refractivity contribution >= 4 is 11.5 Å². The number of aliphatic carboxylic acids is 1. The average Bonchev–Trinajstić information content (AvgIpc) is 2.92. The first-order valence-electron chi connectivity index (χ1n) is 12.2. The maximum absolute atomic E-state index is 11.6. The molecule has 0 fully saturated rings. The van der Waals surface area contributed by atoms with Gasteiger partial charge in [-0.05, 0) is 54.9 Å². The number of carbonyl (C=O) groups is 1. The number of carboxylic acid groups (broad SMARTS) is 1. The summed E-state index contributed by atoms with van der Waals surface area (Å²) < 4.78 is 79.9. The molecule has 0 bridgehead atoms. The molecule has 0 saturated heterocycles. The predicted octanol–water partition coefficient (Wildman–Crippen LogP) is 3.59. The molecule has 1 heterocycles. The van der Waals surface area contributed by atoms with Gasteiger partial charge in [-0.2, -0.15) is 0 Å². The second-order valence-electron chi connectivity index (χ2n) is 5.74. The van der Waals surface area contributed by atoms with Gasteiger partial charge in [0.05, 0.1) is 16.0 Å². The van der Waals surface area contributed by atoms with Gasteiger partial charge < -0.3 is 14.7 Å². The molecule has 4 nitrogen and oxygen atoms in total. The smallest absolute Gasteiger partial charge is 0.307 e. The van der Waals surface area contributed by atoms with Crippen LogP contribution < -0.4 is 4.74 Å². The molecule has 0 unspecified atom stereocenters. The number of fused-ring (bicyclic) bond motifs is 2. The minimum atomic E-state index is -3.15. The molecule has 2 aromatic rings. The van der Waals surface area contributed by atoms with Crippen molar-refractivity contribution in [1.82, 2.24) is 4.90 Å². The van der Waals surface area contributed by atoms with Crippen molar-refractivity contribution in [2.45, 2.75) is 19.4 Å². The van der Waals surface area contributed by atoms with Gasteiger partial charge in [0.2, 0.25) is 0 Å². The first kappa shape index (κ1) is 9.20. The van der Waals surface area contributed by atoms with Crippen LogP contribution in [0.4, 0.5) is 0 Å². The van der Waals surface area contributed by atoms with Crippen LogP contribution in [0.25, 0.3) is 5.57 Å². The van der Waals surface area contributed by atoms with Crippen LogP contribution in [-0.4, -0.2) is 36.6 Å². The van der Waals surface area contributed by atoms with E-state index in [1.165, 1.54) is 0 Å². The number of hydrogen-bond acceptors (Lipinski definition) is 3. The molecule has 1 aliphatic heterocycles. The molecule has 0 atom stereocenters. The molecule has 1 N–H and O–H groups in total. The summed E-state index contributed by atoms with van der Waals surface area (Å²) in [4.78, 5) is 13.5. The van der Waals surface area contributed by atoms with Gasteiger partial charge >= 0.3 is 5.97 Å². The number of nitrogens with zero attached hydrogens (tertiary/aromatic N) is 1. The van der Waals surface area contributed by atoms with Crippen LogP contribution in [0.15, 0.2) is 48.4 Å². The molecule has 130 valence electrons. The van der Waals surface area contributed by atoms with E-state index in [9.17, 15) is 9.90 Å². The SMILES string of the molecule is [2H]c1c([2H])c([2H])c2c(c1[2H])COc1c([2H])c([2H])c(C([2H])([2H])C(=O)O)c([2H])c1/C2=C\CCN(C)C. The molecule has 3 rings (SSSR count). The van der Waals surface area contributed by atoms with Crippen molar-refractivity contribution in [2.75, 3.05) is 20.6 Å². The zero-order valence-corrected chi connectivity index (χ0v) is 13.9. The fourth-order valence-corrected chi connectivity index (χ4v) is 2.48. The van der Waals surface area contributed by atoms with Crippen LogP contribution in [-0.2, 0) is 17.8 Å². The molecule has 4 heteroatoms. The van der Waals surface area contributed by atoms with E-state index in [2.05, 4.69) is 0 Å². The van der Waals surface area contributed by atoms with E-state index in [0.29, 0.717) is 13.0 Å². The average molecular weight is 346 g/mol. The zero-order chi connectivity index (χ0) is 25.7. The third-order valence-corrected chi connectivity index (χ3v) is 3.60. The highest BCUT2D eigenvalue weighted by Gasteiger charge is 2.19. The minimum absolute atomic E-state index is 0.0379. The molecule has 0 radical (unpaired) electrons. The topological polar surface area (TPSA) is 49.8 Å². The van der Waals surface area contributed by atoms with Gasteiger partial charge in [-0.1, -0.05) is 36.3 Å². The minimum Gasteiger partial charge on any atom is -0.488 e. The number of carboxylic acids is 1. The van der Waals surface area contributed by atoms with Crippen LogP contribution in [0.5, 0.6) is 5.75 Å². The van der Waals surface area contributed by atoms with E-state index in [1.807, 2.05) is 19.0 Å². The second-order valence-corrected chi connectivity index (χ2v) is 5.74. The molecule has 1 aliphatic rings. The van der Waals surface area contributed by atoms with Gasteiger partial charge in [0, 0.05) is 14.8 Å². The standard InChI is InChI=1S/C21H23NO3/c1-22(2)11-5-8-18-17-7-4-3-6-16(17)14-25-20-10-9-15(12-19(18)20)13-21(23)24/h3-4,6-10,12H,5,11,13-14H2,1-2H3,(H,23,24)/b18-8-/i3D,4D,6D,7D,9D,10D,12D,13D2. The van der Waals surface area contributed by atoms with Crippen LogP contribution in [0.2, 0.25) is 0 Å². The van der Waals surface area contributed by atoms with Gasteiger partial charge in [0.15, 0.2) is 0 Å². The molecule has 0 amide bonds. The Morgan fingerprint density at radius 1 is 1.32 bits per heavy atom. The summed E-state index contributed by atoms with van der Waals surface area (Å²) in [6.45, 7) is 0.154. The van der Waals surface area contributed by atoms with Gasteiger partial charge in [-0.15, -0.1) is 0 Å². The summed E-state index contributed by atoms with van der Waals surface area (Å²) in [7, 11) is 3.65. The molecule has 0 aromatic heterocycles. The quantitative estimate of drug-likeness (QED) is 0.899. The Bertz CT molecular complexity index is 1230. The third-order valence-electron chi connectivity index (χ3n) is 3.60. The molecule has 2 aromatic carbocycles. The number of benzene rings is 2. The van der Waals surface area contributed by atoms with Gasteiger partial charge in [0.25, 0.3) is 0 Å². The summed E-state index contributed by atoms with van der Waals surface area (Å²) in [5.41, 5.74) is -0.765.